The maximum absolute atomic E-state index is 12.0. The Hall–Kier alpha value is -0.950. The van der Waals surface area contributed by atoms with Gasteiger partial charge in [-0.25, -0.2) is 9.59 Å². The van der Waals surface area contributed by atoms with Crippen LogP contribution in [0.2, 0.25) is 0 Å². The SMILES string of the molecule is O=C(O)[C@H]1C[C@@H](O)CN1C(=O)NCC1CCSCC1. The summed E-state index contributed by atoms with van der Waals surface area (Å²) in [5.41, 5.74) is 0. The Morgan fingerprint density at radius 3 is 2.63 bits per heavy atom. The fraction of sp³-hybridized carbons (Fsp3) is 0.833. The molecule has 0 saturated carbocycles. The van der Waals surface area contributed by atoms with E-state index in [1.54, 1.807) is 0 Å². The van der Waals surface area contributed by atoms with Gasteiger partial charge >= 0.3 is 12.0 Å². The molecule has 0 aliphatic carbocycles. The van der Waals surface area contributed by atoms with E-state index in [1.165, 1.54) is 4.90 Å². The number of aliphatic hydroxyl groups is 1. The average Bonchev–Trinajstić information content (AvgIpc) is 2.79. The van der Waals surface area contributed by atoms with Gasteiger partial charge in [0.1, 0.15) is 6.04 Å². The third kappa shape index (κ3) is 3.76. The monoisotopic (exact) mass is 288 g/mol. The van der Waals surface area contributed by atoms with Gasteiger partial charge in [0.05, 0.1) is 6.10 Å². The highest BCUT2D eigenvalue weighted by atomic mass is 32.2. The van der Waals surface area contributed by atoms with E-state index < -0.39 is 18.1 Å². The van der Waals surface area contributed by atoms with Gasteiger partial charge in [0.2, 0.25) is 0 Å². The van der Waals surface area contributed by atoms with E-state index in [9.17, 15) is 14.7 Å². The number of nitrogens with one attached hydrogen (secondary N) is 1. The standard InChI is InChI=1S/C12H20N2O4S/c15-9-5-10(11(16)17)14(7-9)12(18)13-6-8-1-3-19-4-2-8/h8-10,15H,1-7H2,(H,13,18)(H,16,17)/t9-,10-/m1/s1. The molecule has 2 saturated heterocycles. The molecule has 2 heterocycles. The quantitative estimate of drug-likeness (QED) is 0.697. The molecule has 0 aromatic carbocycles. The van der Waals surface area contributed by atoms with Crippen LogP contribution in [0.15, 0.2) is 0 Å². The summed E-state index contributed by atoms with van der Waals surface area (Å²) in [4.78, 5) is 24.2. The van der Waals surface area contributed by atoms with Crippen LogP contribution in [0.25, 0.3) is 0 Å². The molecule has 108 valence electrons. The number of amides is 2. The number of aliphatic hydroxyl groups excluding tert-OH is 1. The molecule has 7 heteroatoms. The van der Waals surface area contributed by atoms with Crippen molar-refractivity contribution in [3.63, 3.8) is 0 Å². The molecule has 0 bridgehead atoms. The van der Waals surface area contributed by atoms with Crippen molar-refractivity contribution in [3.05, 3.63) is 0 Å². The number of carbonyl (C=O) groups excluding carboxylic acids is 1. The second-order valence-corrected chi connectivity index (χ2v) is 6.36. The van der Waals surface area contributed by atoms with Crippen molar-refractivity contribution in [2.75, 3.05) is 24.6 Å². The summed E-state index contributed by atoms with van der Waals surface area (Å²) in [5, 5.41) is 21.3. The van der Waals surface area contributed by atoms with Crippen LogP contribution in [0, 0.1) is 5.92 Å². The molecule has 2 aliphatic heterocycles. The third-order valence-electron chi connectivity index (χ3n) is 3.71. The lowest BCUT2D eigenvalue weighted by Gasteiger charge is -2.25. The Morgan fingerprint density at radius 1 is 1.32 bits per heavy atom. The molecular formula is C12H20N2O4S. The van der Waals surface area contributed by atoms with Gasteiger partial charge < -0.3 is 20.4 Å². The highest BCUT2D eigenvalue weighted by molar-refractivity contribution is 7.99. The molecule has 6 nitrogen and oxygen atoms in total. The number of hydrogen-bond donors (Lipinski definition) is 3. The summed E-state index contributed by atoms with van der Waals surface area (Å²) in [6, 6.07) is -1.28. The van der Waals surface area contributed by atoms with Crippen molar-refractivity contribution in [1.29, 1.82) is 0 Å². The first-order valence-electron chi connectivity index (χ1n) is 6.61. The van der Waals surface area contributed by atoms with Crippen LogP contribution >= 0.6 is 11.8 Å². The van der Waals surface area contributed by atoms with Gasteiger partial charge in [-0.15, -0.1) is 0 Å². The van der Waals surface area contributed by atoms with Gasteiger partial charge in [-0.2, -0.15) is 11.8 Å². The third-order valence-corrected chi connectivity index (χ3v) is 4.76. The first-order chi connectivity index (χ1) is 9.08. The molecule has 0 radical (unpaired) electrons. The van der Waals surface area contributed by atoms with Gasteiger partial charge in [0.15, 0.2) is 0 Å². The number of carbonyl (C=O) groups is 2. The zero-order valence-corrected chi connectivity index (χ0v) is 11.6. The van der Waals surface area contributed by atoms with Crippen LogP contribution in [0.5, 0.6) is 0 Å². The van der Waals surface area contributed by atoms with Gasteiger partial charge in [0, 0.05) is 19.5 Å². The topological polar surface area (TPSA) is 89.9 Å². The zero-order chi connectivity index (χ0) is 13.8. The van der Waals surface area contributed by atoms with Crippen molar-refractivity contribution in [1.82, 2.24) is 10.2 Å². The van der Waals surface area contributed by atoms with Crippen LogP contribution in [-0.2, 0) is 4.79 Å². The number of nitrogens with zero attached hydrogens (tertiary/aromatic N) is 1. The summed E-state index contributed by atoms with van der Waals surface area (Å²) in [6.45, 7) is 0.696. The van der Waals surface area contributed by atoms with Crippen molar-refractivity contribution >= 4 is 23.8 Å². The first-order valence-corrected chi connectivity index (χ1v) is 7.76. The predicted octanol–water partition coefficient (Wildman–Crippen LogP) is 0.359. The molecule has 2 atom stereocenters. The maximum atomic E-state index is 12.0. The predicted molar refractivity (Wildman–Crippen MR) is 72.2 cm³/mol. The van der Waals surface area contributed by atoms with Crippen LogP contribution < -0.4 is 5.32 Å². The molecule has 0 spiro atoms. The number of aliphatic carboxylic acids is 1. The van der Waals surface area contributed by atoms with E-state index in [1.807, 2.05) is 11.8 Å². The first kappa shape index (κ1) is 14.5. The average molecular weight is 288 g/mol. The van der Waals surface area contributed by atoms with Crippen LogP contribution in [0.4, 0.5) is 4.79 Å². The Morgan fingerprint density at radius 2 is 2.00 bits per heavy atom. The minimum atomic E-state index is -1.05. The highest BCUT2D eigenvalue weighted by Crippen LogP contribution is 2.22. The van der Waals surface area contributed by atoms with Crippen LogP contribution in [0.1, 0.15) is 19.3 Å². The molecule has 2 fully saturated rings. The number of rotatable bonds is 3. The molecule has 2 amide bonds. The fourth-order valence-electron chi connectivity index (χ4n) is 2.56. The molecule has 0 aromatic rings. The van der Waals surface area contributed by atoms with E-state index in [0.717, 1.165) is 24.3 Å². The summed E-state index contributed by atoms with van der Waals surface area (Å²) < 4.78 is 0. The number of β-amino-alcohol motifs (C(OH)–C–C–N with tert-alkyl or cyclic N) is 1. The van der Waals surface area contributed by atoms with Crippen molar-refractivity contribution in [2.45, 2.75) is 31.4 Å². The summed E-state index contributed by atoms with van der Waals surface area (Å²) >= 11 is 1.93. The number of hydrogen-bond acceptors (Lipinski definition) is 4. The number of carboxylic acids is 1. The van der Waals surface area contributed by atoms with E-state index in [2.05, 4.69) is 5.32 Å². The molecule has 19 heavy (non-hydrogen) atoms. The Kier molecular flexibility index (Phi) is 4.93. The Labute approximate surface area is 116 Å². The largest absolute Gasteiger partial charge is 0.480 e. The van der Waals surface area contributed by atoms with Crippen molar-refractivity contribution in [3.8, 4) is 0 Å². The normalized spacial score (nSPS) is 28.4. The van der Waals surface area contributed by atoms with Gasteiger partial charge in [0.25, 0.3) is 0 Å². The lowest BCUT2D eigenvalue weighted by Crippen LogP contribution is -2.47. The van der Waals surface area contributed by atoms with Crippen LogP contribution in [0.3, 0.4) is 0 Å². The van der Waals surface area contributed by atoms with Gasteiger partial charge in [-0.05, 0) is 30.3 Å². The summed E-state index contributed by atoms with van der Waals surface area (Å²) in [5.74, 6) is 1.68. The van der Waals surface area contributed by atoms with Gasteiger partial charge in [-0.1, -0.05) is 0 Å². The van der Waals surface area contributed by atoms with Gasteiger partial charge in [-0.3, -0.25) is 0 Å². The molecule has 3 N–H and O–H groups in total. The zero-order valence-electron chi connectivity index (χ0n) is 10.7. The maximum Gasteiger partial charge on any atom is 0.326 e. The lowest BCUT2D eigenvalue weighted by atomic mass is 10.0. The highest BCUT2D eigenvalue weighted by Gasteiger charge is 2.38. The number of carboxylic acid groups (broad SMARTS) is 1. The lowest BCUT2D eigenvalue weighted by molar-refractivity contribution is -0.141. The van der Waals surface area contributed by atoms with E-state index in [4.69, 9.17) is 5.11 Å². The van der Waals surface area contributed by atoms with Crippen LogP contribution in [-0.4, -0.2) is 63.9 Å². The summed E-state index contributed by atoms with van der Waals surface area (Å²) in [7, 11) is 0. The minimum Gasteiger partial charge on any atom is -0.480 e. The smallest absolute Gasteiger partial charge is 0.326 e. The summed E-state index contributed by atoms with van der Waals surface area (Å²) in [6.07, 6.45) is 1.56. The Bertz CT molecular complexity index is 347. The molecule has 0 aromatic heterocycles. The second kappa shape index (κ2) is 6.47. The van der Waals surface area contributed by atoms with E-state index in [0.29, 0.717) is 12.5 Å². The second-order valence-electron chi connectivity index (χ2n) is 5.14. The van der Waals surface area contributed by atoms with Crippen molar-refractivity contribution < 1.29 is 19.8 Å². The molecule has 2 rings (SSSR count). The van der Waals surface area contributed by atoms with E-state index in [-0.39, 0.29) is 19.0 Å². The van der Waals surface area contributed by atoms with E-state index >= 15 is 0 Å². The minimum absolute atomic E-state index is 0.101. The molecular weight excluding hydrogens is 268 g/mol. The molecule has 2 aliphatic rings. The number of urea groups is 1. The number of likely N-dealkylation sites (tertiary alicyclic amines) is 1. The van der Waals surface area contributed by atoms with Crippen molar-refractivity contribution in [2.24, 2.45) is 5.92 Å². The fourth-order valence-corrected chi connectivity index (χ4v) is 3.76. The Balaban J connectivity index is 1.82. The molecule has 0 unspecified atom stereocenters. The number of thioether (sulfide) groups is 1.